The van der Waals surface area contributed by atoms with Crippen LogP contribution in [0.2, 0.25) is 0 Å². The summed E-state index contributed by atoms with van der Waals surface area (Å²) in [6.45, 7) is 0. The van der Waals surface area contributed by atoms with Gasteiger partial charge in [-0.3, -0.25) is 0 Å². The van der Waals surface area contributed by atoms with Crippen molar-refractivity contribution in [2.75, 3.05) is 0 Å². The van der Waals surface area contributed by atoms with E-state index in [0.29, 0.717) is 10.0 Å². The van der Waals surface area contributed by atoms with Crippen molar-refractivity contribution in [1.29, 1.82) is 0 Å². The van der Waals surface area contributed by atoms with Crippen molar-refractivity contribution in [3.8, 4) is 0 Å². The molecule has 0 amide bonds. The highest BCUT2D eigenvalue weighted by atomic mass is 79.9. The molecule has 94 valence electrons. The second-order valence-electron chi connectivity index (χ2n) is 3.88. The quantitative estimate of drug-likeness (QED) is 0.893. The van der Waals surface area contributed by atoms with Crippen LogP contribution in [0.5, 0.6) is 0 Å². The molecule has 0 aromatic heterocycles. The van der Waals surface area contributed by atoms with Crippen LogP contribution in [0.4, 0.5) is 13.2 Å². The lowest BCUT2D eigenvalue weighted by molar-refractivity contribution is 0.577. The second kappa shape index (κ2) is 5.12. The van der Waals surface area contributed by atoms with Crippen LogP contribution >= 0.6 is 15.9 Å². The summed E-state index contributed by atoms with van der Waals surface area (Å²) in [5.74, 6) is -1.89. The maximum absolute atomic E-state index is 13.2. The van der Waals surface area contributed by atoms with E-state index in [4.69, 9.17) is 5.73 Å². The highest BCUT2D eigenvalue weighted by Crippen LogP contribution is 2.25. The van der Waals surface area contributed by atoms with Gasteiger partial charge in [0.2, 0.25) is 0 Å². The van der Waals surface area contributed by atoms with E-state index >= 15 is 0 Å². The maximum Gasteiger partial charge on any atom is 0.126 e. The predicted molar refractivity (Wildman–Crippen MR) is 66.5 cm³/mol. The van der Waals surface area contributed by atoms with Crippen LogP contribution in [0.15, 0.2) is 40.9 Å². The molecule has 0 aliphatic heterocycles. The Morgan fingerprint density at radius 3 is 1.72 bits per heavy atom. The zero-order chi connectivity index (χ0) is 13.3. The predicted octanol–water partition coefficient (Wildman–Crippen LogP) is 3.91. The first kappa shape index (κ1) is 13.1. The van der Waals surface area contributed by atoms with Crippen molar-refractivity contribution in [2.24, 2.45) is 5.73 Å². The summed E-state index contributed by atoms with van der Waals surface area (Å²) in [5, 5.41) is 0. The molecule has 18 heavy (non-hydrogen) atoms. The average molecular weight is 316 g/mol. The van der Waals surface area contributed by atoms with Crippen LogP contribution in [0.3, 0.4) is 0 Å². The van der Waals surface area contributed by atoms with E-state index in [-0.39, 0.29) is 5.56 Å². The number of hydrogen-bond acceptors (Lipinski definition) is 1. The number of benzene rings is 2. The third kappa shape index (κ3) is 2.91. The molecule has 1 unspecified atom stereocenters. The van der Waals surface area contributed by atoms with Gasteiger partial charge in [0.1, 0.15) is 17.5 Å². The molecule has 0 bridgehead atoms. The van der Waals surface area contributed by atoms with E-state index in [9.17, 15) is 13.2 Å². The standard InChI is InChI=1S/C13H9BrF3N/c14-9-1-7(2-10(15)5-9)13(18)8-3-11(16)6-12(17)4-8/h1-6,13H,18H2. The van der Waals surface area contributed by atoms with Crippen molar-refractivity contribution in [3.05, 3.63) is 69.4 Å². The summed E-state index contributed by atoms with van der Waals surface area (Å²) < 4.78 is 39.9. The molecule has 0 aliphatic carbocycles. The third-order valence-corrected chi connectivity index (χ3v) is 2.95. The third-order valence-electron chi connectivity index (χ3n) is 2.49. The average Bonchev–Trinajstić information content (AvgIpc) is 2.25. The molecular formula is C13H9BrF3N. The number of hydrogen-bond donors (Lipinski definition) is 1. The van der Waals surface area contributed by atoms with Gasteiger partial charge in [-0.25, -0.2) is 13.2 Å². The van der Waals surface area contributed by atoms with E-state index in [1.165, 1.54) is 12.1 Å². The molecule has 0 saturated heterocycles. The summed E-state index contributed by atoms with van der Waals surface area (Å²) in [4.78, 5) is 0. The van der Waals surface area contributed by atoms with Crippen molar-refractivity contribution >= 4 is 15.9 Å². The number of rotatable bonds is 2. The lowest BCUT2D eigenvalue weighted by Crippen LogP contribution is -2.12. The first-order valence-electron chi connectivity index (χ1n) is 5.13. The minimum absolute atomic E-state index is 0.255. The number of nitrogens with two attached hydrogens (primary N) is 1. The molecule has 0 saturated carbocycles. The molecule has 1 nitrogen and oxygen atoms in total. The van der Waals surface area contributed by atoms with Crippen molar-refractivity contribution < 1.29 is 13.2 Å². The lowest BCUT2D eigenvalue weighted by atomic mass is 9.99. The van der Waals surface area contributed by atoms with Crippen LogP contribution in [0, 0.1) is 17.5 Å². The Morgan fingerprint density at radius 2 is 1.22 bits per heavy atom. The smallest absolute Gasteiger partial charge is 0.126 e. The molecule has 1 atom stereocenters. The number of halogens is 4. The largest absolute Gasteiger partial charge is 0.320 e. The van der Waals surface area contributed by atoms with E-state index < -0.39 is 23.5 Å². The Morgan fingerprint density at radius 1 is 0.778 bits per heavy atom. The molecule has 0 spiro atoms. The van der Waals surface area contributed by atoms with Gasteiger partial charge in [-0.15, -0.1) is 0 Å². The SMILES string of the molecule is NC(c1cc(F)cc(F)c1)c1cc(F)cc(Br)c1. The molecule has 0 radical (unpaired) electrons. The molecular weight excluding hydrogens is 307 g/mol. The Bertz CT molecular complexity index is 494. The van der Waals surface area contributed by atoms with Gasteiger partial charge in [-0.05, 0) is 41.5 Å². The Hall–Kier alpha value is -1.33. The van der Waals surface area contributed by atoms with Crippen LogP contribution in [-0.4, -0.2) is 0 Å². The topological polar surface area (TPSA) is 26.0 Å². The van der Waals surface area contributed by atoms with Gasteiger partial charge in [-0.1, -0.05) is 15.9 Å². The van der Waals surface area contributed by atoms with Gasteiger partial charge in [0.25, 0.3) is 0 Å². The van der Waals surface area contributed by atoms with Gasteiger partial charge in [0, 0.05) is 10.5 Å². The Kier molecular flexibility index (Phi) is 3.73. The first-order valence-corrected chi connectivity index (χ1v) is 5.92. The van der Waals surface area contributed by atoms with Crippen LogP contribution in [-0.2, 0) is 0 Å². The van der Waals surface area contributed by atoms with Gasteiger partial charge in [0.05, 0.1) is 6.04 Å². The monoisotopic (exact) mass is 315 g/mol. The molecule has 0 aliphatic rings. The highest BCUT2D eigenvalue weighted by Gasteiger charge is 2.13. The van der Waals surface area contributed by atoms with Gasteiger partial charge in [0.15, 0.2) is 0 Å². The van der Waals surface area contributed by atoms with Crippen LogP contribution in [0.25, 0.3) is 0 Å². The fourth-order valence-electron chi connectivity index (χ4n) is 1.70. The van der Waals surface area contributed by atoms with Crippen LogP contribution < -0.4 is 5.73 Å². The van der Waals surface area contributed by atoms with Crippen LogP contribution in [0.1, 0.15) is 17.2 Å². The normalized spacial score (nSPS) is 12.5. The molecule has 5 heteroatoms. The fraction of sp³-hybridized carbons (Fsp3) is 0.0769. The van der Waals surface area contributed by atoms with E-state index in [1.807, 2.05) is 0 Å². The van der Waals surface area contributed by atoms with Gasteiger partial charge < -0.3 is 5.73 Å². The minimum Gasteiger partial charge on any atom is -0.320 e. The molecule has 2 N–H and O–H groups in total. The van der Waals surface area contributed by atoms with E-state index in [2.05, 4.69) is 15.9 Å². The molecule has 0 heterocycles. The fourth-order valence-corrected chi connectivity index (χ4v) is 2.18. The summed E-state index contributed by atoms with van der Waals surface area (Å²) in [7, 11) is 0. The maximum atomic E-state index is 13.2. The van der Waals surface area contributed by atoms with Gasteiger partial charge >= 0.3 is 0 Å². The summed E-state index contributed by atoms with van der Waals surface area (Å²) >= 11 is 3.14. The Balaban J connectivity index is 2.43. The van der Waals surface area contributed by atoms with Crippen molar-refractivity contribution in [3.63, 3.8) is 0 Å². The van der Waals surface area contributed by atoms with Gasteiger partial charge in [-0.2, -0.15) is 0 Å². The minimum atomic E-state index is -0.790. The summed E-state index contributed by atoms with van der Waals surface area (Å²) in [6, 6.07) is 6.36. The second-order valence-corrected chi connectivity index (χ2v) is 4.80. The molecule has 0 fully saturated rings. The van der Waals surface area contributed by atoms with E-state index in [1.54, 1.807) is 6.07 Å². The van der Waals surface area contributed by atoms with E-state index in [0.717, 1.165) is 18.2 Å². The Labute approximate surface area is 111 Å². The summed E-state index contributed by atoms with van der Waals surface area (Å²) in [6.07, 6.45) is 0. The summed E-state index contributed by atoms with van der Waals surface area (Å²) in [5.41, 5.74) is 6.56. The zero-order valence-electron chi connectivity index (χ0n) is 9.13. The molecule has 2 aromatic rings. The first-order chi connectivity index (χ1) is 8.45. The highest BCUT2D eigenvalue weighted by molar-refractivity contribution is 9.10. The lowest BCUT2D eigenvalue weighted by Gasteiger charge is -2.13. The van der Waals surface area contributed by atoms with Crippen molar-refractivity contribution in [1.82, 2.24) is 0 Å². The van der Waals surface area contributed by atoms with Crippen molar-refractivity contribution in [2.45, 2.75) is 6.04 Å². The molecule has 2 rings (SSSR count). The zero-order valence-corrected chi connectivity index (χ0v) is 10.7. The molecule has 2 aromatic carbocycles.